The fourth-order valence-corrected chi connectivity index (χ4v) is 1.23. The van der Waals surface area contributed by atoms with Crippen LogP contribution in [-0.2, 0) is 0 Å². The van der Waals surface area contributed by atoms with Crippen LogP contribution in [0.5, 0.6) is 0 Å². The molecule has 1 aromatic rings. The molecule has 0 bridgehead atoms. The summed E-state index contributed by atoms with van der Waals surface area (Å²) < 4.78 is 0. The lowest BCUT2D eigenvalue weighted by molar-refractivity contribution is -0.00000323. The molecule has 0 aliphatic rings. The van der Waals surface area contributed by atoms with Crippen molar-refractivity contribution >= 4 is 11.3 Å². The highest BCUT2D eigenvalue weighted by molar-refractivity contribution is 7.09. The number of hydrogen-bond acceptors (Lipinski definition) is 0. The Morgan fingerprint density at radius 3 is 2.33 bits per heavy atom. The first-order chi connectivity index (χ1) is 4.89. The smallest absolute Gasteiger partial charge is 0.144 e. The maximum Gasteiger partial charge on any atom is 0.144 e. The Labute approximate surface area is 83.1 Å². The van der Waals surface area contributed by atoms with E-state index in [0.717, 1.165) is 0 Å². The van der Waals surface area contributed by atoms with Gasteiger partial charge in [0.15, 0.2) is 0 Å². The monoisotopic (exact) mass is 204 g/mol. The summed E-state index contributed by atoms with van der Waals surface area (Å²) in [5.74, 6) is 0. The second-order valence-corrected chi connectivity index (χ2v) is 3.31. The highest BCUT2D eigenvalue weighted by atomic mass is 35.5. The summed E-state index contributed by atoms with van der Waals surface area (Å²) in [5, 5.41) is 2.13. The zero-order valence-corrected chi connectivity index (χ0v) is 8.52. The summed E-state index contributed by atoms with van der Waals surface area (Å²) >= 11 is 1.29. The van der Waals surface area contributed by atoms with Crippen molar-refractivity contribution in [3.63, 3.8) is 0 Å². The van der Waals surface area contributed by atoms with Crippen molar-refractivity contribution in [1.82, 2.24) is 0 Å². The average Bonchev–Trinajstić information content (AvgIpc) is 2.02. The summed E-state index contributed by atoms with van der Waals surface area (Å²) in [5.41, 5.74) is 0. The van der Waals surface area contributed by atoms with Crippen LogP contribution < -0.4 is 12.4 Å². The molecule has 0 saturated carbocycles. The van der Waals surface area contributed by atoms with Crippen LogP contribution >= 0.6 is 11.3 Å². The molecule has 0 unspecified atom stereocenters. The van der Waals surface area contributed by atoms with Crippen molar-refractivity contribution in [2.45, 2.75) is 6.92 Å². The third-order valence-corrected chi connectivity index (χ3v) is 2.02. The molecule has 0 atom stereocenters. The van der Waals surface area contributed by atoms with Crippen LogP contribution in [-0.4, -0.2) is 5.48 Å². The highest BCUT2D eigenvalue weighted by Crippen LogP contribution is 1.99. The van der Waals surface area contributed by atoms with Gasteiger partial charge in [-0.25, -0.2) is 0 Å². The Kier molecular flexibility index (Phi) is 9.93. The lowest BCUT2D eigenvalue weighted by Gasteiger charge is -1.67. The molecule has 0 fully saturated rings. The molecule has 1 rings (SSSR count). The summed E-state index contributed by atoms with van der Waals surface area (Å²) in [6.45, 7) is 2.13. The zero-order chi connectivity index (χ0) is 7.23. The van der Waals surface area contributed by atoms with Gasteiger partial charge in [0.05, 0.1) is 0 Å². The van der Waals surface area contributed by atoms with Crippen LogP contribution in [0.3, 0.4) is 0 Å². The normalized spacial score (nSPS) is 7.08. The maximum absolute atomic E-state index is 2.13. The predicted molar refractivity (Wildman–Crippen MR) is 51.7 cm³/mol. The van der Waals surface area contributed by atoms with Crippen molar-refractivity contribution in [3.8, 4) is 0 Å². The molecule has 1 aromatic heterocycles. The first kappa shape index (κ1) is 14.0. The van der Waals surface area contributed by atoms with Gasteiger partial charge in [-0.15, -0.1) is 0 Å². The van der Waals surface area contributed by atoms with E-state index in [1.54, 1.807) is 0 Å². The van der Waals surface area contributed by atoms with Gasteiger partial charge in [-0.2, -0.15) is 0 Å². The molecule has 68 valence electrons. The van der Waals surface area contributed by atoms with Crippen LogP contribution in [0.25, 0.3) is 0 Å². The summed E-state index contributed by atoms with van der Waals surface area (Å²) in [6.07, 6.45) is 0. The van der Waals surface area contributed by atoms with Crippen molar-refractivity contribution in [2.24, 2.45) is 0 Å². The molecular formula is C9H13ClOS. The van der Waals surface area contributed by atoms with E-state index in [1.807, 2.05) is 18.2 Å². The number of rotatable bonds is 0. The number of aryl methyl sites for hydroxylation is 1. The first-order valence-corrected chi connectivity index (χ1v) is 4.23. The standard InChI is InChI=1S/C9H10S.ClH.H2O/c1-9-7-5-3-2-4-6-8-10-9;;/h2-8H,1H3;1H;1H2. The average molecular weight is 205 g/mol. The van der Waals surface area contributed by atoms with E-state index in [9.17, 15) is 0 Å². The van der Waals surface area contributed by atoms with Gasteiger partial charge in [0.25, 0.3) is 0 Å². The summed E-state index contributed by atoms with van der Waals surface area (Å²) in [7, 11) is 0. The summed E-state index contributed by atoms with van der Waals surface area (Å²) in [4.78, 5) is 1.37. The van der Waals surface area contributed by atoms with Crippen LogP contribution in [0.4, 0.5) is 0 Å². The molecule has 0 aliphatic heterocycles. The van der Waals surface area contributed by atoms with Gasteiger partial charge >= 0.3 is 0 Å². The minimum atomic E-state index is 0. The van der Waals surface area contributed by atoms with Crippen molar-refractivity contribution in [2.75, 3.05) is 0 Å². The molecule has 3 heteroatoms. The second-order valence-electron chi connectivity index (χ2n) is 2.05. The lowest BCUT2D eigenvalue weighted by atomic mass is 10.4. The molecule has 0 amide bonds. The molecule has 1 heterocycles. The van der Waals surface area contributed by atoms with Crippen molar-refractivity contribution in [3.05, 3.63) is 46.7 Å². The molecule has 0 spiro atoms. The molecule has 2 N–H and O–H groups in total. The highest BCUT2D eigenvalue weighted by Gasteiger charge is 1.79. The molecule has 0 saturated heterocycles. The largest absolute Gasteiger partial charge is 1.00 e. The third-order valence-electron chi connectivity index (χ3n) is 1.15. The zero-order valence-electron chi connectivity index (χ0n) is 6.87. The van der Waals surface area contributed by atoms with Crippen LogP contribution in [0.1, 0.15) is 4.88 Å². The van der Waals surface area contributed by atoms with E-state index in [4.69, 9.17) is 0 Å². The van der Waals surface area contributed by atoms with E-state index < -0.39 is 0 Å². The predicted octanol–water partition coefficient (Wildman–Crippen LogP) is -0.907. The molecular weight excluding hydrogens is 192 g/mol. The molecule has 1 nitrogen and oxygen atoms in total. The van der Waals surface area contributed by atoms with E-state index in [1.165, 1.54) is 16.2 Å². The minimum Gasteiger partial charge on any atom is -1.00 e. The Bertz CT molecular complexity index is 222. The quantitative estimate of drug-likeness (QED) is 0.491. The first-order valence-electron chi connectivity index (χ1n) is 3.27. The Morgan fingerprint density at radius 2 is 1.58 bits per heavy atom. The van der Waals surface area contributed by atoms with Gasteiger partial charge in [0.1, 0.15) is 10.3 Å². The topological polar surface area (TPSA) is 31.5 Å². The van der Waals surface area contributed by atoms with Gasteiger partial charge in [-0.3, -0.25) is 0 Å². The fourth-order valence-electron chi connectivity index (χ4n) is 0.641. The van der Waals surface area contributed by atoms with Crippen molar-refractivity contribution in [1.29, 1.82) is 0 Å². The molecule has 0 aromatic carbocycles. The Balaban J connectivity index is 0. The number of hydrogen-bond donors (Lipinski definition) is 0. The second kappa shape index (κ2) is 8.53. The van der Waals surface area contributed by atoms with Crippen LogP contribution in [0, 0.1) is 6.92 Å². The van der Waals surface area contributed by atoms with Gasteiger partial charge in [0.2, 0.25) is 0 Å². The van der Waals surface area contributed by atoms with E-state index in [-0.39, 0.29) is 17.9 Å². The summed E-state index contributed by atoms with van der Waals surface area (Å²) in [6, 6.07) is 12.4. The van der Waals surface area contributed by atoms with E-state index >= 15 is 0 Å². The molecule has 0 aliphatic carbocycles. The third kappa shape index (κ3) is 6.16. The van der Waals surface area contributed by atoms with Crippen LogP contribution in [0.15, 0.2) is 41.8 Å². The molecule has 12 heavy (non-hydrogen) atoms. The molecule has 0 radical (unpaired) electrons. The van der Waals surface area contributed by atoms with Crippen molar-refractivity contribution < 1.29 is 17.9 Å². The van der Waals surface area contributed by atoms with Gasteiger partial charge in [-0.1, -0.05) is 24.3 Å². The fraction of sp³-hybridized carbons (Fsp3) is 0.111. The number of halogens is 1. The lowest BCUT2D eigenvalue weighted by Crippen LogP contribution is -3.00. The van der Waals surface area contributed by atoms with Gasteiger partial charge in [0, 0.05) is 6.92 Å². The minimum absolute atomic E-state index is 0. The van der Waals surface area contributed by atoms with E-state index in [0.29, 0.717) is 0 Å². The maximum atomic E-state index is 2.13. The Hall–Kier alpha value is -0.570. The van der Waals surface area contributed by atoms with E-state index in [2.05, 4.69) is 30.5 Å². The van der Waals surface area contributed by atoms with Crippen LogP contribution in [0.2, 0.25) is 0 Å². The van der Waals surface area contributed by atoms with Gasteiger partial charge in [-0.05, 0) is 23.5 Å². The SMILES string of the molecule is Cc1ccccccc[sH+]1.O.[Cl-]. The Morgan fingerprint density at radius 1 is 1.00 bits per heavy atom. The van der Waals surface area contributed by atoms with Gasteiger partial charge < -0.3 is 17.9 Å².